The molecule has 0 saturated heterocycles. The van der Waals surface area contributed by atoms with Gasteiger partial charge in [-0.1, -0.05) is 46.3 Å². The van der Waals surface area contributed by atoms with E-state index in [1.807, 2.05) is 49.4 Å². The Labute approximate surface area is 187 Å². The van der Waals surface area contributed by atoms with Crippen molar-refractivity contribution in [3.05, 3.63) is 98.0 Å². The van der Waals surface area contributed by atoms with E-state index in [2.05, 4.69) is 31.8 Å². The van der Waals surface area contributed by atoms with Gasteiger partial charge in [0, 0.05) is 21.8 Å². The van der Waals surface area contributed by atoms with Crippen molar-refractivity contribution in [1.29, 1.82) is 0 Å². The number of carbonyl (C=O) groups is 1. The summed E-state index contributed by atoms with van der Waals surface area (Å²) in [4.78, 5) is 22.9. The molecule has 3 aromatic carbocycles. The van der Waals surface area contributed by atoms with Gasteiger partial charge in [0.2, 0.25) is 0 Å². The number of urea groups is 1. The summed E-state index contributed by atoms with van der Waals surface area (Å²) in [5.41, 5.74) is 5.08. The smallest absolute Gasteiger partial charge is 0.339 e. The largest absolute Gasteiger partial charge is 0.482 e. The average Bonchev–Trinajstić information content (AvgIpc) is 2.76. The summed E-state index contributed by atoms with van der Waals surface area (Å²) < 4.78 is 6.54. The summed E-state index contributed by atoms with van der Waals surface area (Å²) in [6.07, 6.45) is 1.32. The fourth-order valence-corrected chi connectivity index (χ4v) is 2.91. The fourth-order valence-electron chi connectivity index (χ4n) is 2.66. The molecule has 0 radical (unpaired) electrons. The zero-order valence-corrected chi connectivity index (χ0v) is 18.1. The van der Waals surface area contributed by atoms with Crippen LogP contribution in [0.2, 0.25) is 0 Å². The number of aryl methyl sites for hydroxylation is 1. The van der Waals surface area contributed by atoms with Crippen molar-refractivity contribution < 1.29 is 14.5 Å². The first-order valence-electron chi connectivity index (χ1n) is 9.24. The number of rotatable bonds is 7. The first-order chi connectivity index (χ1) is 14.9. The van der Waals surface area contributed by atoms with Crippen molar-refractivity contribution in [2.45, 2.75) is 13.5 Å². The SMILES string of the molecule is Cc1cc(NC(=O)N/N=C/c2ccc(OCc3ccccc3)c([N+](=O)[O-])c2)ccc1Br. The van der Waals surface area contributed by atoms with Gasteiger partial charge in [-0.15, -0.1) is 0 Å². The molecule has 3 rings (SSSR count). The molecule has 2 N–H and O–H groups in total. The monoisotopic (exact) mass is 482 g/mol. The minimum Gasteiger partial charge on any atom is -0.482 e. The van der Waals surface area contributed by atoms with Gasteiger partial charge in [0.1, 0.15) is 6.61 Å². The molecule has 0 spiro atoms. The van der Waals surface area contributed by atoms with Crippen LogP contribution in [-0.4, -0.2) is 17.2 Å². The third-order valence-electron chi connectivity index (χ3n) is 4.21. The van der Waals surface area contributed by atoms with Crippen LogP contribution >= 0.6 is 15.9 Å². The van der Waals surface area contributed by atoms with Crippen molar-refractivity contribution in [3.8, 4) is 5.75 Å². The molecule has 3 aromatic rings. The number of hydrazone groups is 1. The number of nitro groups is 1. The van der Waals surface area contributed by atoms with Gasteiger partial charge in [-0.25, -0.2) is 10.2 Å². The molecule has 0 unspecified atom stereocenters. The number of hydrogen-bond acceptors (Lipinski definition) is 5. The van der Waals surface area contributed by atoms with Gasteiger partial charge < -0.3 is 10.1 Å². The van der Waals surface area contributed by atoms with E-state index in [0.29, 0.717) is 11.3 Å². The summed E-state index contributed by atoms with van der Waals surface area (Å²) >= 11 is 3.40. The number of nitro benzene ring substituents is 1. The number of amides is 2. The van der Waals surface area contributed by atoms with E-state index in [9.17, 15) is 14.9 Å². The van der Waals surface area contributed by atoms with Crippen molar-refractivity contribution in [1.82, 2.24) is 5.43 Å². The molecule has 158 valence electrons. The number of carbonyl (C=O) groups excluding carboxylic acids is 1. The number of halogens is 1. The van der Waals surface area contributed by atoms with Crippen LogP contribution in [0.3, 0.4) is 0 Å². The second-order valence-corrected chi connectivity index (χ2v) is 7.40. The maximum Gasteiger partial charge on any atom is 0.339 e. The van der Waals surface area contributed by atoms with E-state index < -0.39 is 11.0 Å². The zero-order chi connectivity index (χ0) is 22.2. The van der Waals surface area contributed by atoms with E-state index in [1.54, 1.807) is 12.1 Å². The number of ether oxygens (including phenoxy) is 1. The van der Waals surface area contributed by atoms with Gasteiger partial charge in [0.15, 0.2) is 5.75 Å². The Morgan fingerprint density at radius 2 is 1.94 bits per heavy atom. The summed E-state index contributed by atoms with van der Waals surface area (Å²) in [6.45, 7) is 2.12. The molecule has 9 heteroatoms. The van der Waals surface area contributed by atoms with E-state index in [1.165, 1.54) is 18.3 Å². The molecule has 0 atom stereocenters. The van der Waals surface area contributed by atoms with Crippen molar-refractivity contribution >= 4 is 39.6 Å². The van der Waals surface area contributed by atoms with E-state index in [0.717, 1.165) is 15.6 Å². The second-order valence-electron chi connectivity index (χ2n) is 6.55. The summed E-state index contributed by atoms with van der Waals surface area (Å²) in [5, 5.41) is 17.9. The van der Waals surface area contributed by atoms with E-state index >= 15 is 0 Å². The molecule has 31 heavy (non-hydrogen) atoms. The minimum absolute atomic E-state index is 0.155. The number of nitrogens with one attached hydrogen (secondary N) is 2. The Hall–Kier alpha value is -3.72. The van der Waals surface area contributed by atoms with Gasteiger partial charge in [-0.05, 0) is 48.4 Å². The third-order valence-corrected chi connectivity index (χ3v) is 5.10. The van der Waals surface area contributed by atoms with Gasteiger partial charge in [-0.2, -0.15) is 5.10 Å². The molecule has 0 bridgehead atoms. The van der Waals surface area contributed by atoms with Gasteiger partial charge in [0.25, 0.3) is 0 Å². The second kappa shape index (κ2) is 10.4. The standard InChI is InChI=1S/C22H19BrN4O4/c1-15-11-18(8-9-19(15)23)25-22(28)26-24-13-17-7-10-21(20(12-17)27(29)30)31-14-16-5-3-2-4-6-16/h2-13H,14H2,1H3,(H2,25,26,28)/b24-13+. The predicted octanol–water partition coefficient (Wildman–Crippen LogP) is 5.40. The van der Waals surface area contributed by atoms with Crippen LogP contribution in [0.25, 0.3) is 0 Å². The lowest BCUT2D eigenvalue weighted by molar-refractivity contribution is -0.385. The molecule has 0 aliphatic rings. The summed E-state index contributed by atoms with van der Waals surface area (Å²) in [6, 6.07) is 18.7. The first kappa shape index (κ1) is 22.0. The van der Waals surface area contributed by atoms with Crippen molar-refractivity contribution in [3.63, 3.8) is 0 Å². The number of nitrogens with zero attached hydrogens (tertiary/aromatic N) is 2. The van der Waals surface area contributed by atoms with E-state index in [4.69, 9.17) is 4.74 Å². The molecule has 0 saturated carbocycles. The molecule has 2 amide bonds. The average molecular weight is 483 g/mol. The minimum atomic E-state index is -0.532. The van der Waals surface area contributed by atoms with Crippen LogP contribution in [0.4, 0.5) is 16.2 Å². The van der Waals surface area contributed by atoms with Crippen molar-refractivity contribution in [2.24, 2.45) is 5.10 Å². The van der Waals surface area contributed by atoms with Crippen LogP contribution < -0.4 is 15.5 Å². The van der Waals surface area contributed by atoms with Gasteiger partial charge in [-0.3, -0.25) is 10.1 Å². The molecule has 0 aliphatic carbocycles. The van der Waals surface area contributed by atoms with Gasteiger partial charge >= 0.3 is 11.7 Å². The molecule has 0 aliphatic heterocycles. The van der Waals surface area contributed by atoms with Gasteiger partial charge in [0.05, 0.1) is 11.1 Å². The predicted molar refractivity (Wildman–Crippen MR) is 122 cm³/mol. The Morgan fingerprint density at radius 3 is 2.65 bits per heavy atom. The van der Waals surface area contributed by atoms with Crippen molar-refractivity contribution in [2.75, 3.05) is 5.32 Å². The maximum atomic E-state index is 12.0. The lowest BCUT2D eigenvalue weighted by Gasteiger charge is -2.08. The Bertz CT molecular complexity index is 1120. The first-order valence-corrected chi connectivity index (χ1v) is 10.0. The highest BCUT2D eigenvalue weighted by Gasteiger charge is 2.16. The lowest BCUT2D eigenvalue weighted by Crippen LogP contribution is -2.24. The van der Waals surface area contributed by atoms with Crippen LogP contribution in [0, 0.1) is 17.0 Å². The number of hydrogen-bond donors (Lipinski definition) is 2. The zero-order valence-electron chi connectivity index (χ0n) is 16.5. The lowest BCUT2D eigenvalue weighted by atomic mass is 10.2. The number of anilines is 1. The maximum absolute atomic E-state index is 12.0. The normalized spacial score (nSPS) is 10.6. The molecular formula is C22H19BrN4O4. The molecular weight excluding hydrogens is 464 g/mol. The Kier molecular flexibility index (Phi) is 7.34. The van der Waals surface area contributed by atoms with Crippen LogP contribution in [-0.2, 0) is 6.61 Å². The molecule has 0 fully saturated rings. The highest BCUT2D eigenvalue weighted by Crippen LogP contribution is 2.28. The Morgan fingerprint density at radius 1 is 1.16 bits per heavy atom. The molecule has 0 heterocycles. The van der Waals surface area contributed by atoms with Crippen LogP contribution in [0.1, 0.15) is 16.7 Å². The summed E-state index contributed by atoms with van der Waals surface area (Å²) in [7, 11) is 0. The third kappa shape index (κ3) is 6.38. The highest BCUT2D eigenvalue weighted by molar-refractivity contribution is 9.10. The van der Waals surface area contributed by atoms with E-state index in [-0.39, 0.29) is 18.0 Å². The quantitative estimate of drug-likeness (QED) is 0.267. The molecule has 8 nitrogen and oxygen atoms in total. The fraction of sp³-hybridized carbons (Fsp3) is 0.0909. The highest BCUT2D eigenvalue weighted by atomic mass is 79.9. The Balaban J connectivity index is 1.62. The number of benzene rings is 3. The van der Waals surface area contributed by atoms with Crippen LogP contribution in [0.5, 0.6) is 5.75 Å². The summed E-state index contributed by atoms with van der Waals surface area (Å²) in [5.74, 6) is 0.155. The topological polar surface area (TPSA) is 106 Å². The van der Waals surface area contributed by atoms with Crippen LogP contribution in [0.15, 0.2) is 76.3 Å². The molecule has 0 aromatic heterocycles.